The van der Waals surface area contributed by atoms with Crippen LogP contribution in [0.25, 0.3) is 0 Å². The van der Waals surface area contributed by atoms with Crippen molar-refractivity contribution < 1.29 is 14.8 Å². The zero-order valence-corrected chi connectivity index (χ0v) is 15.3. The molecular formula is C16H17IN4O4. The van der Waals surface area contributed by atoms with Crippen LogP contribution in [0.3, 0.4) is 0 Å². The van der Waals surface area contributed by atoms with Gasteiger partial charge in [0.1, 0.15) is 0 Å². The zero-order chi connectivity index (χ0) is 18.2. The Morgan fingerprint density at radius 3 is 2.64 bits per heavy atom. The van der Waals surface area contributed by atoms with E-state index in [0.717, 1.165) is 3.57 Å². The third-order valence-corrected chi connectivity index (χ3v) is 3.86. The van der Waals surface area contributed by atoms with Gasteiger partial charge in [-0.2, -0.15) is 0 Å². The Balaban J connectivity index is 2.05. The summed E-state index contributed by atoms with van der Waals surface area (Å²) in [5, 5.41) is 28.4. The number of nitrogens with zero attached hydrogens (tertiary/aromatic N) is 1. The molecule has 2 aromatic rings. The fraction of sp³-hybridized carbons (Fsp3) is 0.188. The van der Waals surface area contributed by atoms with Gasteiger partial charge in [-0.05, 0) is 46.9 Å². The van der Waals surface area contributed by atoms with Gasteiger partial charge in [-0.3, -0.25) is 14.9 Å². The molecule has 0 aliphatic rings. The van der Waals surface area contributed by atoms with E-state index in [4.69, 9.17) is 5.11 Å². The van der Waals surface area contributed by atoms with E-state index in [1.54, 1.807) is 6.07 Å². The Morgan fingerprint density at radius 2 is 1.96 bits per heavy atom. The van der Waals surface area contributed by atoms with Crippen molar-refractivity contribution in [3.05, 3.63) is 56.1 Å². The summed E-state index contributed by atoms with van der Waals surface area (Å²) >= 11 is 2.15. The molecule has 4 N–H and O–H groups in total. The van der Waals surface area contributed by atoms with Gasteiger partial charge in [0, 0.05) is 27.9 Å². The number of non-ortho nitro benzene ring substituents is 1. The zero-order valence-electron chi connectivity index (χ0n) is 13.2. The Labute approximate surface area is 157 Å². The van der Waals surface area contributed by atoms with Crippen LogP contribution in [-0.2, 0) is 4.79 Å². The van der Waals surface area contributed by atoms with E-state index in [0.29, 0.717) is 23.6 Å². The first-order valence-corrected chi connectivity index (χ1v) is 8.50. The van der Waals surface area contributed by atoms with Gasteiger partial charge in [-0.1, -0.05) is 6.07 Å². The summed E-state index contributed by atoms with van der Waals surface area (Å²) in [6, 6.07) is 11.6. The number of aliphatic hydroxyl groups excluding tert-OH is 1. The highest BCUT2D eigenvalue weighted by Crippen LogP contribution is 2.26. The molecule has 0 aromatic heterocycles. The third-order valence-electron chi connectivity index (χ3n) is 3.19. The SMILES string of the molecule is O=C(CNc1cc([N+](=O)[O-])ccc1NCCO)Nc1cccc(I)c1. The van der Waals surface area contributed by atoms with Crippen LogP contribution < -0.4 is 16.0 Å². The molecule has 8 nitrogen and oxygen atoms in total. The Morgan fingerprint density at radius 1 is 1.16 bits per heavy atom. The van der Waals surface area contributed by atoms with Gasteiger partial charge in [0.2, 0.25) is 5.91 Å². The summed E-state index contributed by atoms with van der Waals surface area (Å²) < 4.78 is 0.998. The highest BCUT2D eigenvalue weighted by atomic mass is 127. The monoisotopic (exact) mass is 456 g/mol. The lowest BCUT2D eigenvalue weighted by Crippen LogP contribution is -2.22. The first-order valence-electron chi connectivity index (χ1n) is 7.42. The number of hydrogen-bond acceptors (Lipinski definition) is 6. The van der Waals surface area contributed by atoms with Crippen LogP contribution in [0.5, 0.6) is 0 Å². The number of rotatable bonds is 8. The highest BCUT2D eigenvalue weighted by Gasteiger charge is 2.12. The maximum Gasteiger partial charge on any atom is 0.271 e. The second-order valence-corrected chi connectivity index (χ2v) is 6.30. The molecule has 0 saturated heterocycles. The first kappa shape index (κ1) is 18.9. The molecule has 0 unspecified atom stereocenters. The minimum atomic E-state index is -0.507. The lowest BCUT2D eigenvalue weighted by molar-refractivity contribution is -0.384. The molecule has 1 amide bonds. The van der Waals surface area contributed by atoms with Crippen molar-refractivity contribution in [1.82, 2.24) is 0 Å². The first-order chi connectivity index (χ1) is 12.0. The summed E-state index contributed by atoms with van der Waals surface area (Å²) in [5.74, 6) is -0.276. The van der Waals surface area contributed by atoms with E-state index in [9.17, 15) is 14.9 Å². The lowest BCUT2D eigenvalue weighted by atomic mass is 10.2. The van der Waals surface area contributed by atoms with Gasteiger partial charge < -0.3 is 21.1 Å². The Bertz CT molecular complexity index is 770. The normalized spacial score (nSPS) is 10.2. The van der Waals surface area contributed by atoms with Gasteiger partial charge in [0.25, 0.3) is 5.69 Å². The van der Waals surface area contributed by atoms with Crippen molar-refractivity contribution in [2.45, 2.75) is 0 Å². The molecule has 0 radical (unpaired) electrons. The summed E-state index contributed by atoms with van der Waals surface area (Å²) in [4.78, 5) is 22.5. The number of nitro benzene ring substituents is 1. The van der Waals surface area contributed by atoms with Crippen molar-refractivity contribution in [1.29, 1.82) is 0 Å². The molecule has 0 heterocycles. The number of hydrogen-bond donors (Lipinski definition) is 4. The maximum atomic E-state index is 12.1. The summed E-state index contributed by atoms with van der Waals surface area (Å²) in [6.45, 7) is 0.158. The average Bonchev–Trinajstić information content (AvgIpc) is 2.58. The van der Waals surface area contributed by atoms with Crippen molar-refractivity contribution in [3.8, 4) is 0 Å². The van der Waals surface area contributed by atoms with Gasteiger partial charge in [-0.15, -0.1) is 0 Å². The molecule has 9 heteroatoms. The molecule has 0 atom stereocenters. The summed E-state index contributed by atoms with van der Waals surface area (Å²) in [6.07, 6.45) is 0. The standard InChI is InChI=1S/C16H17IN4O4/c17-11-2-1-3-12(8-11)20-16(23)10-19-15-9-13(21(24)25)4-5-14(15)18-6-7-22/h1-5,8-9,18-19,22H,6-7,10H2,(H,20,23). The van der Waals surface area contributed by atoms with Crippen LogP contribution in [0.4, 0.5) is 22.7 Å². The highest BCUT2D eigenvalue weighted by molar-refractivity contribution is 14.1. The van der Waals surface area contributed by atoms with Crippen molar-refractivity contribution in [3.63, 3.8) is 0 Å². The van der Waals surface area contributed by atoms with Crippen LogP contribution in [0.2, 0.25) is 0 Å². The largest absolute Gasteiger partial charge is 0.395 e. The van der Waals surface area contributed by atoms with E-state index >= 15 is 0 Å². The minimum absolute atomic E-state index is 0.0551. The lowest BCUT2D eigenvalue weighted by Gasteiger charge is -2.13. The number of benzene rings is 2. The number of halogens is 1. The van der Waals surface area contributed by atoms with Gasteiger partial charge in [-0.25, -0.2) is 0 Å². The minimum Gasteiger partial charge on any atom is -0.395 e. The van der Waals surface area contributed by atoms with Crippen LogP contribution in [0, 0.1) is 13.7 Å². The van der Waals surface area contributed by atoms with E-state index in [2.05, 4.69) is 38.5 Å². The van der Waals surface area contributed by atoms with Crippen molar-refractivity contribution in [2.24, 2.45) is 0 Å². The van der Waals surface area contributed by atoms with E-state index < -0.39 is 4.92 Å². The summed E-state index contributed by atoms with van der Waals surface area (Å²) in [5.41, 5.74) is 1.58. The predicted octanol–water partition coefficient (Wildman–Crippen LogP) is 2.65. The Hall–Kier alpha value is -2.40. The molecule has 2 aromatic carbocycles. The smallest absolute Gasteiger partial charge is 0.271 e. The summed E-state index contributed by atoms with van der Waals surface area (Å²) in [7, 11) is 0. The number of carbonyl (C=O) groups is 1. The fourth-order valence-corrected chi connectivity index (χ4v) is 2.63. The molecule has 25 heavy (non-hydrogen) atoms. The second-order valence-electron chi connectivity index (χ2n) is 5.05. The molecule has 0 aliphatic heterocycles. The third kappa shape index (κ3) is 5.87. The quantitative estimate of drug-likeness (QED) is 0.276. The molecule has 2 rings (SSSR count). The molecule has 0 saturated carbocycles. The molecule has 0 spiro atoms. The number of nitro groups is 1. The molecular weight excluding hydrogens is 439 g/mol. The van der Waals surface area contributed by atoms with Crippen LogP contribution in [-0.4, -0.2) is 35.6 Å². The Kier molecular flexibility index (Phi) is 6.95. The van der Waals surface area contributed by atoms with E-state index in [1.165, 1.54) is 18.2 Å². The topological polar surface area (TPSA) is 117 Å². The maximum absolute atomic E-state index is 12.1. The molecule has 0 bridgehead atoms. The number of nitrogens with one attached hydrogen (secondary N) is 3. The number of carbonyl (C=O) groups excluding carboxylic acids is 1. The van der Waals surface area contributed by atoms with Crippen LogP contribution >= 0.6 is 22.6 Å². The van der Waals surface area contributed by atoms with Crippen LogP contribution in [0.15, 0.2) is 42.5 Å². The van der Waals surface area contributed by atoms with Gasteiger partial charge >= 0.3 is 0 Å². The van der Waals surface area contributed by atoms with Gasteiger partial charge in [0.05, 0.1) is 29.4 Å². The molecule has 0 aliphatic carbocycles. The fourth-order valence-electron chi connectivity index (χ4n) is 2.08. The number of anilines is 3. The number of amides is 1. The van der Waals surface area contributed by atoms with E-state index in [1.807, 2.05) is 18.2 Å². The van der Waals surface area contributed by atoms with Crippen LogP contribution in [0.1, 0.15) is 0 Å². The number of aliphatic hydroxyl groups is 1. The average molecular weight is 456 g/mol. The van der Waals surface area contributed by atoms with Crippen molar-refractivity contribution in [2.75, 3.05) is 35.6 Å². The van der Waals surface area contributed by atoms with Crippen molar-refractivity contribution >= 4 is 51.2 Å². The van der Waals surface area contributed by atoms with Gasteiger partial charge in [0.15, 0.2) is 0 Å². The molecule has 132 valence electrons. The molecule has 0 fully saturated rings. The predicted molar refractivity (Wildman–Crippen MR) is 105 cm³/mol. The second kappa shape index (κ2) is 9.18. The van der Waals surface area contributed by atoms with E-state index in [-0.39, 0.29) is 24.7 Å².